The number of hydrogen-bond acceptors (Lipinski definition) is 8. The molecule has 26 heavy (non-hydrogen) atoms. The molecule has 2 heterocycles. The molecule has 1 atom stereocenters. The van der Waals surface area contributed by atoms with Crippen molar-refractivity contribution in [2.45, 2.75) is 25.0 Å². The second kappa shape index (κ2) is 6.68. The molecular weight excluding hydrogens is 336 g/mol. The van der Waals surface area contributed by atoms with Gasteiger partial charge < -0.3 is 31.5 Å². The summed E-state index contributed by atoms with van der Waals surface area (Å²) in [7, 11) is 0. The van der Waals surface area contributed by atoms with E-state index in [9.17, 15) is 9.90 Å². The summed E-state index contributed by atoms with van der Waals surface area (Å²) >= 11 is 0. The fourth-order valence-electron chi connectivity index (χ4n) is 2.63. The molecule has 0 unspecified atom stereocenters. The topological polar surface area (TPSA) is 134 Å². The number of nitrogens with one attached hydrogen (secondary N) is 3. The largest absolute Gasteiger partial charge is 0.489 e. The molecule has 136 valence electrons. The van der Waals surface area contributed by atoms with Crippen LogP contribution in [0.25, 0.3) is 0 Å². The number of aromatic nitrogens is 2. The van der Waals surface area contributed by atoms with Crippen molar-refractivity contribution in [2.75, 3.05) is 29.1 Å². The lowest BCUT2D eigenvalue weighted by molar-refractivity contribution is 0.100. The molecule has 0 spiro atoms. The lowest BCUT2D eigenvalue weighted by Gasteiger charge is -2.13. The molecule has 4 rings (SSSR count). The van der Waals surface area contributed by atoms with Crippen molar-refractivity contribution in [3.63, 3.8) is 0 Å². The van der Waals surface area contributed by atoms with Gasteiger partial charge in [0, 0.05) is 24.5 Å². The lowest BCUT2D eigenvalue weighted by atomic mass is 10.2. The van der Waals surface area contributed by atoms with Crippen LogP contribution in [0.1, 0.15) is 23.2 Å². The van der Waals surface area contributed by atoms with E-state index < -0.39 is 12.0 Å². The van der Waals surface area contributed by atoms with Crippen molar-refractivity contribution in [1.29, 1.82) is 0 Å². The van der Waals surface area contributed by atoms with Crippen molar-refractivity contribution in [3.8, 4) is 5.75 Å². The van der Waals surface area contributed by atoms with Gasteiger partial charge >= 0.3 is 0 Å². The molecule has 1 amide bonds. The van der Waals surface area contributed by atoms with Crippen molar-refractivity contribution in [2.24, 2.45) is 5.73 Å². The summed E-state index contributed by atoms with van der Waals surface area (Å²) < 4.78 is 5.54. The molecule has 2 aliphatic rings. The zero-order valence-electron chi connectivity index (χ0n) is 14.0. The number of β-amino-alcohol motifs (C(OH)–C–C–N with tert-alkyl or cyclic N) is 1. The molecule has 1 saturated carbocycles. The van der Waals surface area contributed by atoms with Crippen LogP contribution in [0.15, 0.2) is 24.4 Å². The Balaban J connectivity index is 1.56. The van der Waals surface area contributed by atoms with Crippen molar-refractivity contribution >= 4 is 29.0 Å². The number of benzene rings is 1. The normalized spacial score (nSPS) is 18.7. The quantitative estimate of drug-likeness (QED) is 0.537. The summed E-state index contributed by atoms with van der Waals surface area (Å²) in [5.74, 6) is 0.905. The zero-order chi connectivity index (χ0) is 18.1. The third kappa shape index (κ3) is 3.62. The molecule has 9 heteroatoms. The molecule has 1 aromatic heterocycles. The van der Waals surface area contributed by atoms with E-state index in [4.69, 9.17) is 10.5 Å². The lowest BCUT2D eigenvalue weighted by Crippen LogP contribution is -2.23. The number of primary amides is 1. The van der Waals surface area contributed by atoms with Gasteiger partial charge in [0.1, 0.15) is 24.3 Å². The van der Waals surface area contributed by atoms with Crippen molar-refractivity contribution in [1.82, 2.24) is 9.97 Å². The standard InChI is InChI=1S/C17H20N6O3/c18-15(25)12-7-20-17(23-16(12)21-9-1-2-9)22-10-3-4-14-13(5-10)19-6-11(24)8-26-14/h3-5,7,9,11,19,24H,1-2,6,8H2,(H2,18,25)(H2,20,21,22,23)/t11-/m0/s1. The Morgan fingerprint density at radius 3 is 3.00 bits per heavy atom. The summed E-state index contributed by atoms with van der Waals surface area (Å²) in [5, 5.41) is 19.1. The average Bonchev–Trinajstić information content (AvgIpc) is 3.44. The Kier molecular flexibility index (Phi) is 4.21. The number of rotatable bonds is 5. The first-order chi connectivity index (χ1) is 12.6. The summed E-state index contributed by atoms with van der Waals surface area (Å²) in [4.78, 5) is 20.1. The van der Waals surface area contributed by atoms with Gasteiger partial charge in [-0.1, -0.05) is 0 Å². The van der Waals surface area contributed by atoms with Crippen LogP contribution in [0.3, 0.4) is 0 Å². The molecule has 6 N–H and O–H groups in total. The molecule has 1 aromatic carbocycles. The highest BCUT2D eigenvalue weighted by Crippen LogP contribution is 2.31. The second-order valence-corrected chi connectivity index (χ2v) is 6.42. The van der Waals surface area contributed by atoms with Gasteiger partial charge in [-0.15, -0.1) is 0 Å². The first-order valence-electron chi connectivity index (χ1n) is 8.47. The van der Waals surface area contributed by atoms with Gasteiger partial charge in [-0.2, -0.15) is 4.98 Å². The average molecular weight is 356 g/mol. The van der Waals surface area contributed by atoms with Crippen LogP contribution in [0.5, 0.6) is 5.75 Å². The molecule has 1 fully saturated rings. The minimum Gasteiger partial charge on any atom is -0.489 e. The number of hydrogen-bond donors (Lipinski definition) is 5. The van der Waals surface area contributed by atoms with Crippen molar-refractivity contribution < 1.29 is 14.6 Å². The van der Waals surface area contributed by atoms with E-state index in [0.717, 1.165) is 24.2 Å². The van der Waals surface area contributed by atoms with E-state index in [1.165, 1.54) is 6.20 Å². The Hall–Kier alpha value is -3.07. The van der Waals surface area contributed by atoms with Crippen LogP contribution in [-0.2, 0) is 0 Å². The Bertz CT molecular complexity index is 839. The van der Waals surface area contributed by atoms with Crippen LogP contribution in [0, 0.1) is 0 Å². The van der Waals surface area contributed by atoms with Crippen molar-refractivity contribution in [3.05, 3.63) is 30.0 Å². The molecule has 2 aromatic rings. The van der Waals surface area contributed by atoms with Crippen LogP contribution in [0.4, 0.5) is 23.1 Å². The van der Waals surface area contributed by atoms with E-state index in [1.807, 2.05) is 18.2 Å². The predicted molar refractivity (Wildman–Crippen MR) is 96.9 cm³/mol. The van der Waals surface area contributed by atoms with E-state index in [-0.39, 0.29) is 12.2 Å². The Labute approximate surface area is 150 Å². The van der Waals surface area contributed by atoms with Crippen LogP contribution in [0.2, 0.25) is 0 Å². The number of nitrogens with two attached hydrogens (primary N) is 1. The van der Waals surface area contributed by atoms with Crippen LogP contribution >= 0.6 is 0 Å². The van der Waals surface area contributed by atoms with Gasteiger partial charge in [0.15, 0.2) is 0 Å². The zero-order valence-corrected chi connectivity index (χ0v) is 14.0. The summed E-state index contributed by atoms with van der Waals surface area (Å²) in [5.41, 5.74) is 7.19. The smallest absolute Gasteiger partial charge is 0.254 e. The van der Waals surface area contributed by atoms with Crippen LogP contribution in [-0.4, -0.2) is 46.3 Å². The second-order valence-electron chi connectivity index (χ2n) is 6.42. The van der Waals surface area contributed by atoms with Gasteiger partial charge in [0.05, 0.1) is 11.3 Å². The number of ether oxygens (including phenoxy) is 1. The van der Waals surface area contributed by atoms with Gasteiger partial charge in [0.25, 0.3) is 5.91 Å². The fraction of sp³-hybridized carbons (Fsp3) is 0.353. The van der Waals surface area contributed by atoms with E-state index in [2.05, 4.69) is 25.9 Å². The molecular formula is C17H20N6O3. The summed E-state index contributed by atoms with van der Waals surface area (Å²) in [6, 6.07) is 5.82. The molecule has 0 radical (unpaired) electrons. The minimum absolute atomic E-state index is 0.251. The predicted octanol–water partition coefficient (Wildman–Crippen LogP) is 1.06. The number of nitrogens with zero attached hydrogens (tertiary/aromatic N) is 2. The number of anilines is 4. The first kappa shape index (κ1) is 16.4. The molecule has 9 nitrogen and oxygen atoms in total. The number of fused-ring (bicyclic) bond motifs is 1. The molecule has 1 aliphatic carbocycles. The number of carbonyl (C=O) groups excluding carboxylic acids is 1. The van der Waals surface area contributed by atoms with E-state index in [0.29, 0.717) is 30.1 Å². The van der Waals surface area contributed by atoms with E-state index >= 15 is 0 Å². The fourth-order valence-corrected chi connectivity index (χ4v) is 2.63. The summed E-state index contributed by atoms with van der Waals surface area (Å²) in [6.45, 7) is 0.663. The minimum atomic E-state index is -0.565. The first-order valence-corrected chi connectivity index (χ1v) is 8.47. The van der Waals surface area contributed by atoms with E-state index in [1.54, 1.807) is 0 Å². The highest BCUT2D eigenvalue weighted by Gasteiger charge is 2.24. The Morgan fingerprint density at radius 2 is 2.23 bits per heavy atom. The number of carbonyl (C=O) groups is 1. The van der Waals surface area contributed by atoms with Gasteiger partial charge in [-0.05, 0) is 31.0 Å². The molecule has 0 saturated heterocycles. The maximum absolute atomic E-state index is 11.6. The number of aliphatic hydroxyl groups excluding tert-OH is 1. The SMILES string of the molecule is NC(=O)c1cnc(Nc2ccc3c(c2)NC[C@H](O)CO3)nc1NC1CC1. The number of aliphatic hydroxyl groups is 1. The van der Waals surface area contributed by atoms with Gasteiger partial charge in [0.2, 0.25) is 5.95 Å². The highest BCUT2D eigenvalue weighted by atomic mass is 16.5. The maximum Gasteiger partial charge on any atom is 0.254 e. The third-order valence-corrected chi connectivity index (χ3v) is 4.17. The third-order valence-electron chi connectivity index (χ3n) is 4.17. The Morgan fingerprint density at radius 1 is 1.38 bits per heavy atom. The van der Waals surface area contributed by atoms with Gasteiger partial charge in [-0.25, -0.2) is 4.98 Å². The molecule has 1 aliphatic heterocycles. The monoisotopic (exact) mass is 356 g/mol. The maximum atomic E-state index is 11.6. The van der Waals surface area contributed by atoms with Crippen LogP contribution < -0.4 is 26.4 Å². The number of amides is 1. The highest BCUT2D eigenvalue weighted by molar-refractivity contribution is 5.97. The van der Waals surface area contributed by atoms with Gasteiger partial charge in [-0.3, -0.25) is 4.79 Å². The molecule has 0 bridgehead atoms. The summed E-state index contributed by atoms with van der Waals surface area (Å²) in [6.07, 6.45) is 2.96.